The van der Waals surface area contributed by atoms with Crippen LogP contribution in [0.15, 0.2) is 23.1 Å². The predicted octanol–water partition coefficient (Wildman–Crippen LogP) is -2.83. The average molecular weight is 225 g/mol. The summed E-state index contributed by atoms with van der Waals surface area (Å²) in [6.07, 6.45) is 0. The van der Waals surface area contributed by atoms with Crippen molar-refractivity contribution in [3.05, 3.63) is 29.6 Å². The molecule has 1 aromatic carbocycles. The molecule has 0 radical (unpaired) electrons. The van der Waals surface area contributed by atoms with E-state index in [2.05, 4.69) is 0 Å². The van der Waals surface area contributed by atoms with E-state index in [0.717, 1.165) is 18.2 Å². The first kappa shape index (κ1) is 13.7. The molecule has 0 aliphatic carbocycles. The van der Waals surface area contributed by atoms with E-state index in [1.54, 1.807) is 0 Å². The third kappa shape index (κ3) is 3.14. The van der Waals surface area contributed by atoms with E-state index in [-0.39, 0.29) is 35.1 Å². The second kappa shape index (κ2) is 5.57. The molecule has 70 valence electrons. The van der Waals surface area contributed by atoms with Gasteiger partial charge in [-0.05, 0) is 29.3 Å². The summed E-state index contributed by atoms with van der Waals surface area (Å²) in [5.41, 5.74) is 4.83. The number of halogens is 1. The van der Waals surface area contributed by atoms with Crippen LogP contribution in [0.2, 0.25) is 0 Å². The van der Waals surface area contributed by atoms with Crippen LogP contribution >= 0.6 is 0 Å². The molecular weight excluding hydrogens is 220 g/mol. The molecule has 4 nitrogen and oxygen atoms in total. The van der Waals surface area contributed by atoms with Gasteiger partial charge in [-0.3, -0.25) is 9.00 Å². The van der Waals surface area contributed by atoms with Gasteiger partial charge in [0, 0.05) is 5.56 Å². The maximum Gasteiger partial charge on any atom is 1.00 e. The van der Waals surface area contributed by atoms with Crippen molar-refractivity contribution in [2.24, 2.45) is 5.73 Å². The van der Waals surface area contributed by atoms with Crippen LogP contribution in [0.25, 0.3) is 0 Å². The smallest absolute Gasteiger partial charge is 0.768 e. The molecule has 14 heavy (non-hydrogen) atoms. The molecule has 1 aromatic rings. The minimum absolute atomic E-state index is 0. The number of nitrogens with two attached hydrogens (primary N) is 1. The Kier molecular flexibility index (Phi) is 5.46. The molecule has 0 bridgehead atoms. The van der Waals surface area contributed by atoms with Crippen molar-refractivity contribution in [2.75, 3.05) is 0 Å². The van der Waals surface area contributed by atoms with Crippen molar-refractivity contribution in [1.29, 1.82) is 0 Å². The first-order valence-corrected chi connectivity index (χ1v) is 4.28. The maximum absolute atomic E-state index is 12.7. The number of carbonyl (C=O) groups is 1. The summed E-state index contributed by atoms with van der Waals surface area (Å²) in [5, 5.41) is 0. The Morgan fingerprint density at radius 3 is 2.50 bits per heavy atom. The van der Waals surface area contributed by atoms with Crippen LogP contribution in [0.1, 0.15) is 10.4 Å². The van der Waals surface area contributed by atoms with Crippen molar-refractivity contribution in [1.82, 2.24) is 0 Å². The van der Waals surface area contributed by atoms with Crippen LogP contribution in [0.3, 0.4) is 0 Å². The molecule has 0 heterocycles. The number of hydrogen-bond donors (Lipinski definition) is 1. The van der Waals surface area contributed by atoms with Gasteiger partial charge in [-0.15, -0.1) is 0 Å². The van der Waals surface area contributed by atoms with Gasteiger partial charge in [0.2, 0.25) is 5.91 Å². The van der Waals surface area contributed by atoms with E-state index in [1.807, 2.05) is 0 Å². The van der Waals surface area contributed by atoms with Crippen LogP contribution in [-0.2, 0) is 11.1 Å². The molecule has 0 aliphatic rings. The summed E-state index contributed by atoms with van der Waals surface area (Å²) in [4.78, 5) is 10.0. The number of hydrogen-bond acceptors (Lipinski definition) is 3. The molecule has 1 unspecified atom stereocenters. The third-order valence-corrected chi connectivity index (χ3v) is 2.07. The van der Waals surface area contributed by atoms with Gasteiger partial charge >= 0.3 is 29.6 Å². The van der Waals surface area contributed by atoms with Crippen LogP contribution < -0.4 is 35.3 Å². The summed E-state index contributed by atoms with van der Waals surface area (Å²) in [6, 6.07) is 2.89. The zero-order chi connectivity index (χ0) is 10.0. The zero-order valence-electron chi connectivity index (χ0n) is 7.32. The van der Waals surface area contributed by atoms with Gasteiger partial charge in [0.15, 0.2) is 0 Å². The Morgan fingerprint density at radius 1 is 1.50 bits per heavy atom. The SMILES string of the molecule is NC(=O)c1ccc(F)c(S(=O)[O-])c1.[Na+]. The van der Waals surface area contributed by atoms with Gasteiger partial charge in [0.05, 0.1) is 4.90 Å². The number of rotatable bonds is 2. The summed E-state index contributed by atoms with van der Waals surface area (Å²) in [7, 11) is 0. The van der Waals surface area contributed by atoms with Gasteiger partial charge in [0.25, 0.3) is 0 Å². The average Bonchev–Trinajstić information content (AvgIpc) is 2.04. The van der Waals surface area contributed by atoms with E-state index >= 15 is 0 Å². The Hall–Kier alpha value is -0.270. The van der Waals surface area contributed by atoms with Gasteiger partial charge in [0.1, 0.15) is 5.82 Å². The molecule has 7 heteroatoms. The molecule has 0 spiro atoms. The van der Waals surface area contributed by atoms with Gasteiger partial charge in [-0.25, -0.2) is 4.39 Å². The monoisotopic (exact) mass is 225 g/mol. The molecule has 0 aromatic heterocycles. The second-order valence-corrected chi connectivity index (χ2v) is 3.15. The zero-order valence-corrected chi connectivity index (χ0v) is 10.1. The Bertz CT molecular complexity index is 385. The van der Waals surface area contributed by atoms with E-state index in [0.29, 0.717) is 0 Å². The molecule has 0 saturated heterocycles. The van der Waals surface area contributed by atoms with Crippen LogP contribution in [0, 0.1) is 5.82 Å². The van der Waals surface area contributed by atoms with Crippen LogP contribution in [0.5, 0.6) is 0 Å². The van der Waals surface area contributed by atoms with Crippen molar-refractivity contribution < 1.29 is 47.5 Å². The van der Waals surface area contributed by atoms with Crippen LogP contribution in [-0.4, -0.2) is 14.7 Å². The second-order valence-electron chi connectivity index (χ2n) is 2.24. The van der Waals surface area contributed by atoms with Crippen LogP contribution in [0.4, 0.5) is 4.39 Å². The van der Waals surface area contributed by atoms with Crippen molar-refractivity contribution in [3.8, 4) is 0 Å². The molecule has 0 fully saturated rings. The minimum Gasteiger partial charge on any atom is -0.768 e. The van der Waals surface area contributed by atoms with E-state index < -0.39 is 27.7 Å². The molecule has 1 atom stereocenters. The first-order chi connectivity index (χ1) is 6.02. The van der Waals surface area contributed by atoms with Gasteiger partial charge in [-0.2, -0.15) is 0 Å². The summed E-state index contributed by atoms with van der Waals surface area (Å²) in [6.45, 7) is 0. The minimum atomic E-state index is -2.70. The third-order valence-electron chi connectivity index (χ3n) is 1.40. The summed E-state index contributed by atoms with van der Waals surface area (Å²) in [5.74, 6) is -1.70. The van der Waals surface area contributed by atoms with Crippen molar-refractivity contribution in [3.63, 3.8) is 0 Å². The van der Waals surface area contributed by atoms with Crippen molar-refractivity contribution >= 4 is 17.0 Å². The number of amides is 1. The molecule has 0 aliphatic heterocycles. The number of primary amides is 1. The quantitative estimate of drug-likeness (QED) is 0.435. The molecule has 2 N–H and O–H groups in total. The normalized spacial score (nSPS) is 11.6. The molecule has 1 rings (SSSR count). The standard InChI is InChI=1S/C7H6FNO3S.Na/c8-5-2-1-4(7(9)10)3-6(5)13(11)12;/h1-3H,(H2,9,10)(H,11,12);/q;+1/p-1. The Labute approximate surface area is 104 Å². The number of carbonyl (C=O) groups excluding carboxylic acids is 1. The fourth-order valence-corrected chi connectivity index (χ4v) is 1.23. The molecule has 0 saturated carbocycles. The fraction of sp³-hybridized carbons (Fsp3) is 0. The Morgan fingerprint density at radius 2 is 2.07 bits per heavy atom. The summed E-state index contributed by atoms with van der Waals surface area (Å²) < 4.78 is 33.5. The largest absolute Gasteiger partial charge is 1.00 e. The van der Waals surface area contributed by atoms with Gasteiger partial charge < -0.3 is 10.3 Å². The predicted molar refractivity (Wildman–Crippen MR) is 42.1 cm³/mol. The molecular formula is C7H5FNNaO3S. The fourth-order valence-electron chi connectivity index (χ4n) is 0.784. The van der Waals surface area contributed by atoms with E-state index in [4.69, 9.17) is 5.73 Å². The Balaban J connectivity index is 0.00000169. The van der Waals surface area contributed by atoms with Gasteiger partial charge in [-0.1, -0.05) is 0 Å². The van der Waals surface area contributed by atoms with Crippen molar-refractivity contribution in [2.45, 2.75) is 4.90 Å². The van der Waals surface area contributed by atoms with E-state index in [1.165, 1.54) is 0 Å². The van der Waals surface area contributed by atoms with E-state index in [9.17, 15) is 17.9 Å². The first-order valence-electron chi connectivity index (χ1n) is 3.21. The summed E-state index contributed by atoms with van der Waals surface area (Å²) >= 11 is -2.70. The number of benzene rings is 1. The molecule has 1 amide bonds. The topological polar surface area (TPSA) is 83.2 Å². The maximum atomic E-state index is 12.7.